The van der Waals surface area contributed by atoms with Crippen LogP contribution >= 0.6 is 36.8 Å². The Labute approximate surface area is 336 Å². The molecule has 24 nitrogen and oxygen atoms in total. The zero-order valence-electron chi connectivity index (χ0n) is 30.0. The Hall–Kier alpha value is -3.08. The zero-order valence-corrected chi connectivity index (χ0v) is 33.9. The number of aromatic nitrogens is 2. The van der Waals surface area contributed by atoms with Crippen molar-refractivity contribution in [2.75, 3.05) is 26.4 Å². The van der Waals surface area contributed by atoms with Gasteiger partial charge >= 0.3 is 11.3 Å². The lowest BCUT2D eigenvalue weighted by Gasteiger charge is -2.41. The molecule has 0 saturated carbocycles. The largest absolute Gasteiger partial charge is 0.756 e. The minimum atomic E-state index is -5.99. The normalized spacial score (nSPS) is 28.4. The predicted molar refractivity (Wildman–Crippen MR) is 198 cm³/mol. The van der Waals surface area contributed by atoms with Gasteiger partial charge < -0.3 is 66.9 Å². The standard InChI is InChI=1S/C31H40IN3O21P2/c1-15-10-23(38)52-18-11-16(4-5-17(15)18)49-14-22(37)33-7-2-3-9-50-32-12-19-24(39)26(41)28(43)30(54-19)55-58(47,48)56-57(45,46)51-13-20-25(40)27(42)29(53-20)35-8-6-21(36)34-31(35)44/h4-6,8,10-12,19-20,24-30,39-43H,2-3,7,9,13-14H2,1H3,(H,33,37)(H,45,46)(H,47,48)(H,34,36,44)/p-2. The summed E-state index contributed by atoms with van der Waals surface area (Å²) >= 11 is -1.33. The van der Waals surface area contributed by atoms with Crippen molar-refractivity contribution in [3.63, 3.8) is 0 Å². The second-order valence-electron chi connectivity index (χ2n) is 12.7. The second-order valence-corrected chi connectivity index (χ2v) is 17.4. The van der Waals surface area contributed by atoms with Gasteiger partial charge in [0.15, 0.2) is 19.1 Å². The van der Waals surface area contributed by atoms with Crippen LogP contribution in [0.4, 0.5) is 0 Å². The van der Waals surface area contributed by atoms with Crippen LogP contribution in [0.3, 0.4) is 0 Å². The summed E-state index contributed by atoms with van der Waals surface area (Å²) in [6.07, 6.45) is -14.8. The number of aryl methyl sites for hydroxylation is 1. The van der Waals surface area contributed by atoms with Crippen LogP contribution in [0.1, 0.15) is 24.6 Å². The van der Waals surface area contributed by atoms with Crippen molar-refractivity contribution in [3.8, 4) is 5.75 Å². The topological polar surface area (TPSA) is 360 Å². The third-order valence-electron chi connectivity index (χ3n) is 8.40. The third-order valence-corrected chi connectivity index (χ3v) is 12.7. The van der Waals surface area contributed by atoms with Gasteiger partial charge in [-0.2, -0.15) is 0 Å². The average molecular weight is 977 g/mol. The van der Waals surface area contributed by atoms with E-state index in [1.165, 1.54) is 16.1 Å². The summed E-state index contributed by atoms with van der Waals surface area (Å²) in [5.74, 6) is -0.0618. The Morgan fingerprint density at radius 3 is 2.48 bits per heavy atom. The van der Waals surface area contributed by atoms with Crippen LogP contribution in [0.2, 0.25) is 0 Å². The molecule has 4 heterocycles. The number of aliphatic hydroxyl groups excluding tert-OH is 5. The first-order chi connectivity index (χ1) is 27.3. The lowest BCUT2D eigenvalue weighted by molar-refractivity contribution is -0.292. The van der Waals surface area contributed by atoms with Crippen LogP contribution in [0, 0.1) is 6.92 Å². The summed E-state index contributed by atoms with van der Waals surface area (Å²) in [5, 5.41) is 54.8. The Balaban J connectivity index is 1.02. The van der Waals surface area contributed by atoms with Gasteiger partial charge in [-0.1, -0.05) is 0 Å². The minimum absolute atomic E-state index is 0.197. The first kappa shape index (κ1) is 46.0. The fourth-order valence-corrected chi connectivity index (χ4v) is 9.22. The summed E-state index contributed by atoms with van der Waals surface area (Å²) in [6.45, 7) is 0.827. The molecule has 2 aliphatic rings. The number of ether oxygens (including phenoxy) is 3. The maximum absolute atomic E-state index is 12.5. The molecule has 5 rings (SSSR count). The number of rotatable bonds is 18. The van der Waals surface area contributed by atoms with E-state index in [1.54, 1.807) is 19.1 Å². The number of phosphoric acid groups is 2. The van der Waals surface area contributed by atoms with Crippen LogP contribution in [-0.2, 0) is 39.8 Å². The number of nitrogens with one attached hydrogen (secondary N) is 2. The van der Waals surface area contributed by atoms with E-state index in [0.29, 0.717) is 28.7 Å². The van der Waals surface area contributed by atoms with Crippen molar-refractivity contribution < 1.29 is 84.3 Å². The molecule has 0 bridgehead atoms. The number of H-pyrrole nitrogens is 1. The lowest BCUT2D eigenvalue weighted by Crippen LogP contribution is -2.58. The van der Waals surface area contributed by atoms with E-state index in [0.717, 1.165) is 23.2 Å². The molecule has 0 spiro atoms. The predicted octanol–water partition coefficient (Wildman–Crippen LogP) is -2.96. The zero-order chi connectivity index (χ0) is 42.4. The summed E-state index contributed by atoms with van der Waals surface area (Å²) in [4.78, 5) is 73.9. The van der Waals surface area contributed by atoms with Crippen molar-refractivity contribution in [2.24, 2.45) is 0 Å². The van der Waals surface area contributed by atoms with E-state index in [2.05, 4.69) is 18.7 Å². The Morgan fingerprint density at radius 1 is 0.983 bits per heavy atom. The summed E-state index contributed by atoms with van der Waals surface area (Å²) in [7, 11) is -11.9. The van der Waals surface area contributed by atoms with Crippen molar-refractivity contribution in [1.82, 2.24) is 14.9 Å². The van der Waals surface area contributed by atoms with E-state index >= 15 is 0 Å². The smallest absolute Gasteiger partial charge is 0.336 e. The fourth-order valence-electron chi connectivity index (χ4n) is 5.48. The number of unbranched alkanes of at least 4 members (excludes halogenated alkanes) is 1. The molecule has 58 heavy (non-hydrogen) atoms. The van der Waals surface area contributed by atoms with Crippen molar-refractivity contribution in [3.05, 3.63) is 73.4 Å². The number of benzene rings is 1. The molecule has 0 aliphatic carbocycles. The average Bonchev–Trinajstić information content (AvgIpc) is 3.42. The number of carbonyl (C=O) groups excluding carboxylic acids is 1. The molecule has 2 fully saturated rings. The molecule has 2 aromatic heterocycles. The van der Waals surface area contributed by atoms with E-state index in [9.17, 15) is 63.6 Å². The number of aliphatic hydroxyl groups is 5. The van der Waals surface area contributed by atoms with Gasteiger partial charge in [-0.25, -0.2) is 13.9 Å². The molecule has 3 aromatic rings. The molecule has 322 valence electrons. The van der Waals surface area contributed by atoms with Gasteiger partial charge in [0.1, 0.15) is 54.1 Å². The SMILES string of the molecule is Cc1cc(=O)oc2cc(OCC(=O)NCCCCOI=CC3OC(OP(=O)([O-])OP(=O)([O-])OCC4OC(n5ccc(=O)[nH]c5=O)C(O)C4O)C(O)C(O)C3O)ccc12. The fraction of sp³-hybridized carbons (Fsp3) is 0.516. The monoisotopic (exact) mass is 977 g/mol. The van der Waals surface area contributed by atoms with E-state index in [4.69, 9.17) is 21.7 Å². The number of phosphoric ester groups is 2. The number of hydrogen-bond donors (Lipinski definition) is 7. The minimum Gasteiger partial charge on any atom is -0.756 e. The van der Waals surface area contributed by atoms with Gasteiger partial charge in [0, 0.05) is 61.5 Å². The Bertz CT molecular complexity index is 2220. The van der Waals surface area contributed by atoms with Gasteiger partial charge in [-0.3, -0.25) is 32.8 Å². The highest BCUT2D eigenvalue weighted by Crippen LogP contribution is 2.57. The van der Waals surface area contributed by atoms with E-state index in [1.807, 2.05) is 4.98 Å². The highest BCUT2D eigenvalue weighted by molar-refractivity contribution is 14.2. The van der Waals surface area contributed by atoms with E-state index in [-0.39, 0.29) is 19.8 Å². The first-order valence-corrected chi connectivity index (χ1v) is 22.1. The highest BCUT2D eigenvalue weighted by Gasteiger charge is 2.47. The van der Waals surface area contributed by atoms with Crippen LogP contribution in [0.15, 0.2) is 55.3 Å². The Kier molecular flexibility index (Phi) is 15.8. The molecule has 0 radical (unpaired) electrons. The molecule has 2 saturated heterocycles. The number of amides is 1. The van der Waals surface area contributed by atoms with Crippen molar-refractivity contribution in [1.29, 1.82) is 0 Å². The van der Waals surface area contributed by atoms with Gasteiger partial charge in [0.2, 0.25) is 0 Å². The molecule has 11 atom stereocenters. The van der Waals surface area contributed by atoms with E-state index < -0.39 is 121 Å². The van der Waals surface area contributed by atoms with Gasteiger partial charge in [0.05, 0.1) is 13.2 Å². The summed E-state index contributed by atoms with van der Waals surface area (Å²) in [6, 6.07) is 7.16. The molecule has 1 aromatic carbocycles. The number of fused-ring (bicyclic) bond motifs is 1. The van der Waals surface area contributed by atoms with Crippen LogP contribution in [0.5, 0.6) is 5.75 Å². The van der Waals surface area contributed by atoms with Crippen LogP contribution in [0.25, 0.3) is 11.0 Å². The first-order valence-electron chi connectivity index (χ1n) is 17.1. The summed E-state index contributed by atoms with van der Waals surface area (Å²) < 4.78 is 66.5. The third kappa shape index (κ3) is 12.2. The molecular weight excluding hydrogens is 939 g/mol. The number of nitrogens with zero attached hydrogens (tertiary/aromatic N) is 1. The molecule has 7 N–H and O–H groups in total. The summed E-state index contributed by atoms with van der Waals surface area (Å²) in [5.41, 5.74) is -1.24. The molecule has 1 amide bonds. The highest BCUT2D eigenvalue weighted by atomic mass is 127. The number of hydrogen-bond acceptors (Lipinski definition) is 21. The quantitative estimate of drug-likeness (QED) is 0.0290. The van der Waals surface area contributed by atoms with Crippen molar-refractivity contribution in [2.45, 2.75) is 75.0 Å². The van der Waals surface area contributed by atoms with Crippen LogP contribution in [-0.4, -0.2) is 120 Å². The Morgan fingerprint density at radius 2 is 1.74 bits per heavy atom. The second kappa shape index (κ2) is 20.0. The van der Waals surface area contributed by atoms with Crippen LogP contribution < -0.4 is 36.7 Å². The maximum Gasteiger partial charge on any atom is 0.336 e. The number of carbonyl (C=O) groups is 1. The van der Waals surface area contributed by atoms with Gasteiger partial charge in [-0.05, 0) is 37.5 Å². The van der Waals surface area contributed by atoms with Gasteiger partial charge in [-0.15, -0.1) is 0 Å². The molecule has 27 heteroatoms. The molecular formula is C31H38IN3O21P2-2. The number of aromatic amines is 1. The lowest BCUT2D eigenvalue weighted by atomic mass is 10.0. The molecule has 11 unspecified atom stereocenters. The molecule has 2 aliphatic heterocycles. The van der Waals surface area contributed by atoms with Crippen molar-refractivity contribution >= 4 is 57.7 Å². The number of halogens is 1. The maximum atomic E-state index is 12.5. The van der Waals surface area contributed by atoms with Gasteiger partial charge in [0.25, 0.3) is 27.1 Å².